The highest BCUT2D eigenvalue weighted by atomic mass is 32.1. The summed E-state index contributed by atoms with van der Waals surface area (Å²) in [4.78, 5) is 11.2. The second kappa shape index (κ2) is 11.3. The van der Waals surface area contributed by atoms with Gasteiger partial charge in [-0.2, -0.15) is 0 Å². The number of aromatic nitrogens is 3. The topological polar surface area (TPSA) is 70.8 Å². The van der Waals surface area contributed by atoms with Crippen molar-refractivity contribution in [1.82, 2.24) is 29.9 Å². The van der Waals surface area contributed by atoms with E-state index in [-0.39, 0.29) is 0 Å². The fraction of sp³-hybridized carbons (Fsp3) is 0.650. The fourth-order valence-corrected chi connectivity index (χ4v) is 4.01. The maximum atomic E-state index is 5.45. The van der Waals surface area contributed by atoms with Crippen LogP contribution in [-0.4, -0.2) is 76.5 Å². The highest BCUT2D eigenvalue weighted by molar-refractivity contribution is 7.09. The number of hydrogen-bond donors (Lipinski definition) is 1. The lowest BCUT2D eigenvalue weighted by molar-refractivity contribution is 0.145. The lowest BCUT2D eigenvalue weighted by atomic mass is 10.3. The minimum absolute atomic E-state index is 0.528. The Balaban J connectivity index is 1.56. The van der Waals surface area contributed by atoms with E-state index >= 15 is 0 Å². The van der Waals surface area contributed by atoms with Crippen LogP contribution >= 0.6 is 11.3 Å². The van der Waals surface area contributed by atoms with Crippen LogP contribution in [0.3, 0.4) is 0 Å². The number of piperazine rings is 1. The Bertz CT molecular complexity index is 751. The Morgan fingerprint density at radius 2 is 2.10 bits per heavy atom. The van der Waals surface area contributed by atoms with E-state index in [9.17, 15) is 0 Å². The molecule has 0 amide bonds. The van der Waals surface area contributed by atoms with Crippen molar-refractivity contribution in [2.75, 3.05) is 45.9 Å². The molecule has 160 valence electrons. The van der Waals surface area contributed by atoms with E-state index in [1.54, 1.807) is 0 Å². The summed E-state index contributed by atoms with van der Waals surface area (Å²) in [5.74, 6) is 2.74. The van der Waals surface area contributed by atoms with Gasteiger partial charge in [0.25, 0.3) is 0 Å². The highest BCUT2D eigenvalue weighted by Gasteiger charge is 2.20. The first-order chi connectivity index (χ1) is 14.2. The number of ether oxygens (including phenoxy) is 1. The lowest BCUT2D eigenvalue weighted by Gasteiger charge is -2.36. The molecule has 2 aromatic rings. The van der Waals surface area contributed by atoms with Gasteiger partial charge in [0.2, 0.25) is 0 Å². The zero-order chi connectivity index (χ0) is 20.5. The molecule has 1 fully saturated rings. The number of thiophene rings is 1. The van der Waals surface area contributed by atoms with Crippen LogP contribution in [0, 0.1) is 6.92 Å². The summed E-state index contributed by atoms with van der Waals surface area (Å²) >= 11 is 1.83. The first kappa shape index (κ1) is 21.7. The van der Waals surface area contributed by atoms with E-state index in [2.05, 4.69) is 42.8 Å². The third-order valence-electron chi connectivity index (χ3n) is 5.14. The Hall–Kier alpha value is -1.97. The van der Waals surface area contributed by atoms with Gasteiger partial charge in [-0.15, -0.1) is 21.5 Å². The normalized spacial score (nSPS) is 15.8. The molecule has 3 heterocycles. The molecule has 1 saturated heterocycles. The maximum absolute atomic E-state index is 5.45. The molecule has 0 aliphatic carbocycles. The lowest BCUT2D eigenvalue weighted by Crippen LogP contribution is -2.52. The molecule has 1 aliphatic heterocycles. The van der Waals surface area contributed by atoms with Gasteiger partial charge in [0, 0.05) is 64.4 Å². The van der Waals surface area contributed by atoms with Crippen molar-refractivity contribution in [3.63, 3.8) is 0 Å². The minimum atomic E-state index is 0.528. The van der Waals surface area contributed by atoms with Crippen LogP contribution in [0.15, 0.2) is 22.5 Å². The van der Waals surface area contributed by atoms with Crippen molar-refractivity contribution in [2.24, 2.45) is 12.0 Å². The summed E-state index contributed by atoms with van der Waals surface area (Å²) in [6, 6.07) is 4.34. The van der Waals surface area contributed by atoms with Crippen LogP contribution < -0.4 is 5.32 Å². The summed E-state index contributed by atoms with van der Waals surface area (Å²) in [6.45, 7) is 12.0. The predicted molar refractivity (Wildman–Crippen MR) is 117 cm³/mol. The third kappa shape index (κ3) is 6.52. The zero-order valence-corrected chi connectivity index (χ0v) is 18.6. The van der Waals surface area contributed by atoms with Gasteiger partial charge in [0.15, 0.2) is 11.8 Å². The van der Waals surface area contributed by atoms with Crippen molar-refractivity contribution in [1.29, 1.82) is 0 Å². The summed E-state index contributed by atoms with van der Waals surface area (Å²) < 4.78 is 7.45. The van der Waals surface area contributed by atoms with Gasteiger partial charge in [-0.25, -0.2) is 4.99 Å². The molecule has 2 aromatic heterocycles. The van der Waals surface area contributed by atoms with Crippen LogP contribution in [0.25, 0.3) is 0 Å². The summed E-state index contributed by atoms with van der Waals surface area (Å²) in [7, 11) is 1.98. The Morgan fingerprint density at radius 1 is 1.28 bits per heavy atom. The molecular formula is C20H33N7OS. The molecule has 1 aliphatic rings. The summed E-state index contributed by atoms with van der Waals surface area (Å²) in [6.07, 6.45) is 0.967. The van der Waals surface area contributed by atoms with Gasteiger partial charge in [-0.3, -0.25) is 4.90 Å². The first-order valence-electron chi connectivity index (χ1n) is 10.4. The van der Waals surface area contributed by atoms with Crippen LogP contribution in [0.1, 0.15) is 29.9 Å². The SMILES string of the molecule is CCOCCCNC(=NCc1nnc(C)n1C)N1CCN(Cc2cccs2)CC1. The molecule has 29 heavy (non-hydrogen) atoms. The predicted octanol–water partition coefficient (Wildman–Crippen LogP) is 1.88. The van der Waals surface area contributed by atoms with Gasteiger partial charge < -0.3 is 19.5 Å². The largest absolute Gasteiger partial charge is 0.382 e. The van der Waals surface area contributed by atoms with E-state index in [0.717, 1.165) is 76.5 Å². The van der Waals surface area contributed by atoms with Crippen LogP contribution in [-0.2, 0) is 24.9 Å². The minimum Gasteiger partial charge on any atom is -0.382 e. The number of nitrogens with zero attached hydrogens (tertiary/aromatic N) is 6. The van der Waals surface area contributed by atoms with Crippen LogP contribution in [0.2, 0.25) is 0 Å². The van der Waals surface area contributed by atoms with Gasteiger partial charge in [-0.1, -0.05) is 6.07 Å². The average Bonchev–Trinajstić information content (AvgIpc) is 3.35. The standard InChI is InChI=1S/C20H33N7OS/c1-4-28-13-6-8-21-20(22-15-19-24-23-17(2)25(19)3)27-11-9-26(10-12-27)16-18-7-5-14-29-18/h5,7,14H,4,6,8-13,15-16H2,1-3H3,(H,21,22). The molecule has 0 bridgehead atoms. The molecule has 0 aromatic carbocycles. The Kier molecular flexibility index (Phi) is 8.45. The van der Waals surface area contributed by atoms with E-state index in [1.165, 1.54) is 4.88 Å². The van der Waals surface area contributed by atoms with Crippen LogP contribution in [0.5, 0.6) is 0 Å². The molecule has 0 unspecified atom stereocenters. The van der Waals surface area contributed by atoms with Crippen LogP contribution in [0.4, 0.5) is 0 Å². The third-order valence-corrected chi connectivity index (χ3v) is 6.00. The smallest absolute Gasteiger partial charge is 0.194 e. The molecule has 0 saturated carbocycles. The number of guanidine groups is 1. The summed E-state index contributed by atoms with van der Waals surface area (Å²) in [5.41, 5.74) is 0. The number of rotatable bonds is 9. The molecule has 1 N–H and O–H groups in total. The summed E-state index contributed by atoms with van der Waals surface area (Å²) in [5, 5.41) is 14.1. The molecular weight excluding hydrogens is 386 g/mol. The number of nitrogens with one attached hydrogen (secondary N) is 1. The number of aryl methyl sites for hydroxylation is 1. The molecule has 0 spiro atoms. The quantitative estimate of drug-likeness (QED) is 0.380. The average molecular weight is 420 g/mol. The highest BCUT2D eigenvalue weighted by Crippen LogP contribution is 2.13. The molecule has 3 rings (SSSR count). The van der Waals surface area contributed by atoms with E-state index in [1.807, 2.05) is 36.8 Å². The Morgan fingerprint density at radius 3 is 2.76 bits per heavy atom. The van der Waals surface area contributed by atoms with Crippen molar-refractivity contribution in [2.45, 2.75) is 33.4 Å². The molecule has 8 nitrogen and oxygen atoms in total. The maximum Gasteiger partial charge on any atom is 0.194 e. The van der Waals surface area contributed by atoms with Gasteiger partial charge in [0.05, 0.1) is 0 Å². The van der Waals surface area contributed by atoms with Gasteiger partial charge in [0.1, 0.15) is 12.4 Å². The molecule has 9 heteroatoms. The van der Waals surface area contributed by atoms with Crippen molar-refractivity contribution >= 4 is 17.3 Å². The van der Waals surface area contributed by atoms with E-state index < -0.39 is 0 Å². The van der Waals surface area contributed by atoms with Gasteiger partial charge in [-0.05, 0) is 31.7 Å². The molecule has 0 radical (unpaired) electrons. The van der Waals surface area contributed by atoms with Gasteiger partial charge >= 0.3 is 0 Å². The first-order valence-corrected chi connectivity index (χ1v) is 11.3. The van der Waals surface area contributed by atoms with Crippen molar-refractivity contribution < 1.29 is 4.74 Å². The van der Waals surface area contributed by atoms with E-state index in [4.69, 9.17) is 9.73 Å². The number of hydrogen-bond acceptors (Lipinski definition) is 6. The monoisotopic (exact) mass is 419 g/mol. The Labute approximate surface area is 177 Å². The second-order valence-corrected chi connectivity index (χ2v) is 8.21. The van der Waals surface area contributed by atoms with Crippen molar-refractivity contribution in [3.8, 4) is 0 Å². The zero-order valence-electron chi connectivity index (χ0n) is 17.8. The molecule has 0 atom stereocenters. The number of aliphatic imine (C=N–C) groups is 1. The second-order valence-electron chi connectivity index (χ2n) is 7.18. The fourth-order valence-electron chi connectivity index (χ4n) is 3.26. The van der Waals surface area contributed by atoms with Crippen molar-refractivity contribution in [3.05, 3.63) is 34.0 Å². The van der Waals surface area contributed by atoms with E-state index in [0.29, 0.717) is 6.54 Å².